The molecular weight excluding hydrogens is 308 g/mol. The molecule has 1 amide bonds. The molecule has 0 radical (unpaired) electrons. The van der Waals surface area contributed by atoms with E-state index in [0.717, 1.165) is 17.3 Å². The van der Waals surface area contributed by atoms with Gasteiger partial charge in [-0.15, -0.1) is 0 Å². The van der Waals surface area contributed by atoms with Crippen LogP contribution in [0.1, 0.15) is 29.4 Å². The van der Waals surface area contributed by atoms with Crippen LogP contribution in [0.3, 0.4) is 0 Å². The molecule has 0 bridgehead atoms. The highest BCUT2D eigenvalue weighted by atomic mass is 79.9. The van der Waals surface area contributed by atoms with Crippen LogP contribution in [0.25, 0.3) is 0 Å². The summed E-state index contributed by atoms with van der Waals surface area (Å²) in [4.78, 5) is 16.2. The van der Waals surface area contributed by atoms with Gasteiger partial charge >= 0.3 is 0 Å². The maximum Gasteiger partial charge on any atom is 0.272 e. The Labute approximate surface area is 119 Å². The number of nitrogens with one attached hydrogen (secondary N) is 1. The highest BCUT2D eigenvalue weighted by molar-refractivity contribution is 9.10. The van der Waals surface area contributed by atoms with Crippen LogP contribution in [-0.4, -0.2) is 15.5 Å². The van der Waals surface area contributed by atoms with Crippen LogP contribution in [-0.2, 0) is 0 Å². The third-order valence-corrected chi connectivity index (χ3v) is 3.47. The number of nitrogens with zero attached hydrogens (tertiary/aromatic N) is 2. The van der Waals surface area contributed by atoms with E-state index in [9.17, 15) is 4.79 Å². The first-order chi connectivity index (χ1) is 9.13. The van der Waals surface area contributed by atoms with Crippen molar-refractivity contribution in [1.29, 1.82) is 0 Å². The van der Waals surface area contributed by atoms with Crippen molar-refractivity contribution in [3.05, 3.63) is 40.8 Å². The minimum Gasteiger partial charge on any atom is -0.384 e. The first kappa shape index (κ1) is 12.2. The summed E-state index contributed by atoms with van der Waals surface area (Å²) in [5.41, 5.74) is 6.81. The minimum absolute atomic E-state index is 0.135. The van der Waals surface area contributed by atoms with Crippen LogP contribution >= 0.6 is 15.9 Å². The number of hydrogen-bond acceptors (Lipinski definition) is 3. The molecule has 0 saturated heterocycles. The van der Waals surface area contributed by atoms with Crippen LogP contribution in [0.5, 0.6) is 0 Å². The lowest BCUT2D eigenvalue weighted by Crippen LogP contribution is -2.16. The van der Waals surface area contributed by atoms with Crippen LogP contribution in [0.4, 0.5) is 11.5 Å². The fourth-order valence-electron chi connectivity index (χ4n) is 1.96. The first-order valence-corrected chi connectivity index (χ1v) is 6.83. The summed E-state index contributed by atoms with van der Waals surface area (Å²) in [6, 6.07) is 5.68. The maximum absolute atomic E-state index is 12.3. The van der Waals surface area contributed by atoms with Crippen LogP contribution in [0, 0.1) is 0 Å². The van der Waals surface area contributed by atoms with Crippen molar-refractivity contribution in [3.63, 3.8) is 0 Å². The molecule has 0 aromatic carbocycles. The standard InChI is InChI=1S/C13H13BrN4O/c14-8-5-11(18(7-8)10-2-3-10)13(19)17-9-1-4-12(15)16-6-9/h1,4-7,10H,2-3H2,(H2,15,16)(H,17,19). The zero-order chi connectivity index (χ0) is 13.4. The average molecular weight is 321 g/mol. The van der Waals surface area contributed by atoms with E-state index < -0.39 is 0 Å². The second kappa shape index (κ2) is 4.70. The molecule has 1 aliphatic rings. The largest absolute Gasteiger partial charge is 0.384 e. The second-order valence-electron chi connectivity index (χ2n) is 4.61. The lowest BCUT2D eigenvalue weighted by atomic mass is 10.3. The number of anilines is 2. The number of amides is 1. The Bertz CT molecular complexity index is 616. The van der Waals surface area contributed by atoms with E-state index >= 15 is 0 Å². The van der Waals surface area contributed by atoms with E-state index in [4.69, 9.17) is 5.73 Å². The van der Waals surface area contributed by atoms with E-state index in [0.29, 0.717) is 23.2 Å². The molecule has 2 aromatic rings. The van der Waals surface area contributed by atoms with Crippen LogP contribution in [0.2, 0.25) is 0 Å². The summed E-state index contributed by atoms with van der Waals surface area (Å²) >= 11 is 3.41. The fourth-order valence-corrected chi connectivity index (χ4v) is 2.39. The molecule has 1 saturated carbocycles. The van der Waals surface area contributed by atoms with Crippen molar-refractivity contribution in [2.75, 3.05) is 11.1 Å². The van der Waals surface area contributed by atoms with Gasteiger partial charge in [-0.2, -0.15) is 0 Å². The highest BCUT2D eigenvalue weighted by Gasteiger charge is 2.27. The van der Waals surface area contributed by atoms with Gasteiger partial charge in [0.25, 0.3) is 5.91 Å². The lowest BCUT2D eigenvalue weighted by Gasteiger charge is -2.08. The number of rotatable bonds is 3. The van der Waals surface area contributed by atoms with Crippen LogP contribution < -0.4 is 11.1 Å². The number of nitrogens with two attached hydrogens (primary N) is 1. The fraction of sp³-hybridized carbons (Fsp3) is 0.231. The molecule has 0 spiro atoms. The molecule has 3 N–H and O–H groups in total. The number of nitrogen functional groups attached to an aromatic ring is 1. The molecule has 3 rings (SSSR count). The van der Waals surface area contributed by atoms with Gasteiger partial charge in [0, 0.05) is 16.7 Å². The SMILES string of the molecule is Nc1ccc(NC(=O)c2cc(Br)cn2C2CC2)cn1. The van der Waals surface area contributed by atoms with Crippen molar-refractivity contribution in [2.24, 2.45) is 0 Å². The highest BCUT2D eigenvalue weighted by Crippen LogP contribution is 2.37. The molecule has 1 aliphatic carbocycles. The van der Waals surface area contributed by atoms with Crippen LogP contribution in [0.15, 0.2) is 35.1 Å². The number of halogens is 1. The molecule has 19 heavy (non-hydrogen) atoms. The van der Waals surface area contributed by atoms with Crippen molar-refractivity contribution in [3.8, 4) is 0 Å². The number of carbonyl (C=O) groups excluding carboxylic acids is 1. The van der Waals surface area contributed by atoms with Crippen molar-refractivity contribution in [1.82, 2.24) is 9.55 Å². The Morgan fingerprint density at radius 1 is 1.47 bits per heavy atom. The van der Waals surface area contributed by atoms with Gasteiger partial charge in [0.1, 0.15) is 11.5 Å². The molecule has 98 valence electrons. The summed E-state index contributed by atoms with van der Waals surface area (Å²) in [6.45, 7) is 0. The maximum atomic E-state index is 12.3. The molecule has 0 atom stereocenters. The van der Waals surface area contributed by atoms with Crippen molar-refractivity contribution in [2.45, 2.75) is 18.9 Å². The number of pyridine rings is 1. The summed E-state index contributed by atoms with van der Waals surface area (Å²) in [5.74, 6) is 0.297. The third-order valence-electron chi connectivity index (χ3n) is 3.03. The molecule has 0 aliphatic heterocycles. The van der Waals surface area contributed by atoms with E-state index in [2.05, 4.69) is 26.2 Å². The Kier molecular flexibility index (Phi) is 3.02. The van der Waals surface area contributed by atoms with Gasteiger partial charge in [-0.05, 0) is 47.0 Å². The van der Waals surface area contributed by atoms with Gasteiger partial charge in [-0.3, -0.25) is 4.79 Å². The zero-order valence-corrected chi connectivity index (χ0v) is 11.7. The third kappa shape index (κ3) is 2.63. The van der Waals surface area contributed by atoms with E-state index in [1.54, 1.807) is 18.3 Å². The topological polar surface area (TPSA) is 72.9 Å². The van der Waals surface area contributed by atoms with Crippen molar-refractivity contribution >= 4 is 33.3 Å². The molecule has 5 nitrogen and oxygen atoms in total. The molecule has 1 fully saturated rings. The van der Waals surface area contributed by atoms with Gasteiger partial charge in [0.2, 0.25) is 0 Å². The van der Waals surface area contributed by atoms with E-state index in [1.165, 1.54) is 0 Å². The number of aromatic nitrogens is 2. The number of carbonyl (C=O) groups is 1. The Balaban J connectivity index is 1.82. The summed E-state index contributed by atoms with van der Waals surface area (Å²) < 4.78 is 2.93. The molecular formula is C13H13BrN4O. The van der Waals surface area contributed by atoms with Crippen molar-refractivity contribution < 1.29 is 4.79 Å². The molecule has 2 heterocycles. The summed E-state index contributed by atoms with van der Waals surface area (Å²) in [6.07, 6.45) is 5.76. The Hall–Kier alpha value is -1.82. The van der Waals surface area contributed by atoms with E-state index in [-0.39, 0.29) is 5.91 Å². The zero-order valence-electron chi connectivity index (χ0n) is 10.1. The summed E-state index contributed by atoms with van der Waals surface area (Å²) in [7, 11) is 0. The minimum atomic E-state index is -0.135. The van der Waals surface area contributed by atoms with Gasteiger partial charge in [-0.1, -0.05) is 0 Å². The average Bonchev–Trinajstić information content (AvgIpc) is 3.15. The molecule has 6 heteroatoms. The molecule has 0 unspecified atom stereocenters. The summed E-state index contributed by atoms with van der Waals surface area (Å²) in [5, 5.41) is 2.82. The Morgan fingerprint density at radius 3 is 2.89 bits per heavy atom. The predicted octanol–water partition coefficient (Wildman–Crippen LogP) is 2.82. The Morgan fingerprint density at radius 2 is 2.26 bits per heavy atom. The van der Waals surface area contributed by atoms with Gasteiger partial charge in [0.05, 0.1) is 11.9 Å². The predicted molar refractivity (Wildman–Crippen MR) is 77.0 cm³/mol. The molecule has 2 aromatic heterocycles. The normalized spacial score (nSPS) is 14.4. The monoisotopic (exact) mass is 320 g/mol. The van der Waals surface area contributed by atoms with Gasteiger partial charge in [-0.25, -0.2) is 4.98 Å². The number of hydrogen-bond donors (Lipinski definition) is 2. The second-order valence-corrected chi connectivity index (χ2v) is 5.52. The van der Waals surface area contributed by atoms with E-state index in [1.807, 2.05) is 16.8 Å². The lowest BCUT2D eigenvalue weighted by molar-refractivity contribution is 0.101. The van der Waals surface area contributed by atoms with Gasteiger partial charge < -0.3 is 15.6 Å². The van der Waals surface area contributed by atoms with Gasteiger partial charge in [0.15, 0.2) is 0 Å². The smallest absolute Gasteiger partial charge is 0.272 e. The first-order valence-electron chi connectivity index (χ1n) is 6.04. The quantitative estimate of drug-likeness (QED) is 0.913.